The van der Waals surface area contributed by atoms with E-state index < -0.39 is 11.6 Å². The van der Waals surface area contributed by atoms with Crippen LogP contribution >= 0.6 is 23.1 Å². The van der Waals surface area contributed by atoms with Crippen LogP contribution in [0.3, 0.4) is 0 Å². The van der Waals surface area contributed by atoms with Gasteiger partial charge in [-0.25, -0.2) is 13.8 Å². The fourth-order valence-corrected chi connectivity index (χ4v) is 3.84. The molecular weight excluding hydrogens is 312 g/mol. The Hall–Kier alpha value is -2.17. The molecule has 21 heavy (non-hydrogen) atoms. The SMILES string of the molecule is N#Cc1cc(F)c(Sc2nc3ccc(N)cc3s2)c(F)c1. The summed E-state index contributed by atoms with van der Waals surface area (Å²) in [7, 11) is 0. The largest absolute Gasteiger partial charge is 0.399 e. The van der Waals surface area contributed by atoms with Crippen LogP contribution in [0.1, 0.15) is 5.56 Å². The number of aromatic nitrogens is 1. The number of hydrogen-bond donors (Lipinski definition) is 1. The Balaban J connectivity index is 2.01. The van der Waals surface area contributed by atoms with Crippen molar-refractivity contribution in [2.24, 2.45) is 0 Å². The van der Waals surface area contributed by atoms with Gasteiger partial charge in [0.15, 0.2) is 4.34 Å². The molecule has 0 fully saturated rings. The minimum atomic E-state index is -0.768. The van der Waals surface area contributed by atoms with Gasteiger partial charge in [-0.2, -0.15) is 5.26 Å². The lowest BCUT2D eigenvalue weighted by atomic mass is 10.2. The maximum absolute atomic E-state index is 13.8. The van der Waals surface area contributed by atoms with E-state index in [1.165, 1.54) is 11.3 Å². The molecule has 0 aliphatic rings. The van der Waals surface area contributed by atoms with Gasteiger partial charge in [0.2, 0.25) is 0 Å². The summed E-state index contributed by atoms with van der Waals surface area (Å²) in [4.78, 5) is 4.14. The molecule has 3 rings (SSSR count). The minimum absolute atomic E-state index is 0.0496. The van der Waals surface area contributed by atoms with Crippen LogP contribution in [0.2, 0.25) is 0 Å². The van der Waals surface area contributed by atoms with E-state index in [9.17, 15) is 8.78 Å². The standard InChI is InChI=1S/C14H7F2N3S2/c15-9-3-7(6-17)4-10(16)13(9)21-14-19-11-2-1-8(18)5-12(11)20-14/h1-5H,18H2. The molecule has 104 valence electrons. The molecule has 3 nitrogen and oxygen atoms in total. The van der Waals surface area contributed by atoms with Crippen molar-refractivity contribution in [2.75, 3.05) is 5.73 Å². The van der Waals surface area contributed by atoms with Gasteiger partial charge in [-0.3, -0.25) is 0 Å². The van der Waals surface area contributed by atoms with Crippen LogP contribution in [-0.2, 0) is 0 Å². The predicted molar refractivity (Wildman–Crippen MR) is 79.2 cm³/mol. The van der Waals surface area contributed by atoms with E-state index >= 15 is 0 Å². The van der Waals surface area contributed by atoms with Gasteiger partial charge in [0.05, 0.1) is 26.7 Å². The van der Waals surface area contributed by atoms with Gasteiger partial charge in [0.25, 0.3) is 0 Å². The topological polar surface area (TPSA) is 62.7 Å². The van der Waals surface area contributed by atoms with Gasteiger partial charge < -0.3 is 5.73 Å². The quantitative estimate of drug-likeness (QED) is 0.720. The van der Waals surface area contributed by atoms with Crippen molar-refractivity contribution in [1.82, 2.24) is 4.98 Å². The zero-order valence-corrected chi connectivity index (χ0v) is 12.1. The smallest absolute Gasteiger partial charge is 0.156 e. The van der Waals surface area contributed by atoms with Crippen molar-refractivity contribution in [3.05, 3.63) is 47.5 Å². The minimum Gasteiger partial charge on any atom is -0.399 e. The maximum Gasteiger partial charge on any atom is 0.156 e. The summed E-state index contributed by atoms with van der Waals surface area (Å²) in [6.45, 7) is 0. The van der Waals surface area contributed by atoms with Crippen LogP contribution in [0.5, 0.6) is 0 Å². The second-order valence-corrected chi connectivity index (χ2v) is 6.48. The Bertz CT molecular complexity index is 861. The third-order valence-corrected chi connectivity index (χ3v) is 4.88. The number of anilines is 1. The highest BCUT2D eigenvalue weighted by atomic mass is 32.2. The molecule has 0 spiro atoms. The van der Waals surface area contributed by atoms with E-state index in [1.54, 1.807) is 24.3 Å². The molecule has 7 heteroatoms. The Morgan fingerprint density at radius 2 is 1.90 bits per heavy atom. The molecule has 3 aromatic rings. The predicted octanol–water partition coefficient (Wildman–Crippen LogP) is 4.18. The van der Waals surface area contributed by atoms with Gasteiger partial charge in [-0.1, -0.05) is 11.8 Å². The van der Waals surface area contributed by atoms with E-state index in [-0.39, 0.29) is 10.5 Å². The highest BCUT2D eigenvalue weighted by Gasteiger charge is 2.15. The number of thiazole rings is 1. The first-order valence-electron chi connectivity index (χ1n) is 5.80. The van der Waals surface area contributed by atoms with Crippen LogP contribution in [-0.4, -0.2) is 4.98 Å². The second-order valence-electron chi connectivity index (χ2n) is 4.19. The number of benzene rings is 2. The molecule has 0 bridgehead atoms. The molecule has 0 amide bonds. The molecule has 0 aliphatic heterocycles. The lowest BCUT2D eigenvalue weighted by Crippen LogP contribution is -1.90. The van der Waals surface area contributed by atoms with Gasteiger partial charge in [-0.05, 0) is 30.3 Å². The Labute approximate surface area is 127 Å². The van der Waals surface area contributed by atoms with E-state index in [4.69, 9.17) is 11.0 Å². The maximum atomic E-state index is 13.8. The molecule has 1 aromatic heterocycles. The normalized spacial score (nSPS) is 10.7. The lowest BCUT2D eigenvalue weighted by Gasteiger charge is -2.02. The average molecular weight is 319 g/mol. The molecule has 2 aromatic carbocycles. The summed E-state index contributed by atoms with van der Waals surface area (Å²) in [5.41, 5.74) is 6.98. The molecule has 0 atom stereocenters. The number of rotatable bonds is 2. The molecular formula is C14H7F2N3S2. The summed E-state index contributed by atoms with van der Waals surface area (Å²) in [5, 5.41) is 8.68. The van der Waals surface area contributed by atoms with Gasteiger partial charge in [0, 0.05) is 5.69 Å². The summed E-state index contributed by atoms with van der Waals surface area (Å²) >= 11 is 2.21. The number of halogens is 2. The first kappa shape index (κ1) is 13.8. The highest BCUT2D eigenvalue weighted by Crippen LogP contribution is 2.37. The summed E-state index contributed by atoms with van der Waals surface area (Å²) < 4.78 is 29.1. The van der Waals surface area contributed by atoms with Gasteiger partial charge in [-0.15, -0.1) is 11.3 Å². The van der Waals surface area contributed by atoms with Crippen LogP contribution in [0, 0.1) is 23.0 Å². The van der Waals surface area contributed by atoms with Crippen LogP contribution in [0.4, 0.5) is 14.5 Å². The number of fused-ring (bicyclic) bond motifs is 1. The molecule has 0 unspecified atom stereocenters. The van der Waals surface area contributed by atoms with Gasteiger partial charge in [0.1, 0.15) is 11.6 Å². The Kier molecular flexibility index (Phi) is 3.49. The summed E-state index contributed by atoms with van der Waals surface area (Å²) in [6.07, 6.45) is 0. The third-order valence-electron chi connectivity index (χ3n) is 2.71. The fourth-order valence-electron chi connectivity index (χ4n) is 1.77. The zero-order valence-electron chi connectivity index (χ0n) is 10.4. The highest BCUT2D eigenvalue weighted by molar-refractivity contribution is 8.01. The number of nitrogens with zero attached hydrogens (tertiary/aromatic N) is 2. The molecule has 0 radical (unpaired) electrons. The van der Waals surface area contributed by atoms with Crippen LogP contribution in [0.15, 0.2) is 39.6 Å². The van der Waals surface area contributed by atoms with Crippen molar-refractivity contribution in [2.45, 2.75) is 9.24 Å². The van der Waals surface area contributed by atoms with Crippen molar-refractivity contribution >= 4 is 39.0 Å². The lowest BCUT2D eigenvalue weighted by molar-refractivity contribution is 0.540. The van der Waals surface area contributed by atoms with Crippen molar-refractivity contribution in [1.29, 1.82) is 5.26 Å². The van der Waals surface area contributed by atoms with Crippen molar-refractivity contribution in [3.63, 3.8) is 0 Å². The number of hydrogen-bond acceptors (Lipinski definition) is 5. The first-order valence-corrected chi connectivity index (χ1v) is 7.43. The number of nitrogens with two attached hydrogens (primary N) is 1. The monoisotopic (exact) mass is 319 g/mol. The fraction of sp³-hybridized carbons (Fsp3) is 0. The second kappa shape index (κ2) is 5.31. The average Bonchev–Trinajstić information content (AvgIpc) is 2.84. The molecule has 0 saturated heterocycles. The summed E-state index contributed by atoms with van der Waals surface area (Å²) in [5.74, 6) is -1.54. The van der Waals surface area contributed by atoms with E-state index in [0.717, 1.165) is 34.1 Å². The van der Waals surface area contributed by atoms with Crippen LogP contribution < -0.4 is 5.73 Å². The Morgan fingerprint density at radius 1 is 1.19 bits per heavy atom. The molecule has 0 saturated carbocycles. The molecule has 0 aliphatic carbocycles. The van der Waals surface area contributed by atoms with E-state index in [1.807, 2.05) is 0 Å². The third kappa shape index (κ3) is 2.68. The van der Waals surface area contributed by atoms with Gasteiger partial charge >= 0.3 is 0 Å². The summed E-state index contributed by atoms with van der Waals surface area (Å²) in [6, 6.07) is 8.98. The number of nitriles is 1. The number of nitrogen functional groups attached to an aromatic ring is 1. The Morgan fingerprint density at radius 3 is 2.57 bits per heavy atom. The van der Waals surface area contributed by atoms with Crippen molar-refractivity contribution < 1.29 is 8.78 Å². The van der Waals surface area contributed by atoms with E-state index in [0.29, 0.717) is 10.0 Å². The zero-order chi connectivity index (χ0) is 15.0. The van der Waals surface area contributed by atoms with Crippen LogP contribution in [0.25, 0.3) is 10.2 Å². The first-order chi connectivity index (χ1) is 10.1. The van der Waals surface area contributed by atoms with Crippen molar-refractivity contribution in [3.8, 4) is 6.07 Å². The van der Waals surface area contributed by atoms with E-state index in [2.05, 4.69) is 4.98 Å². The molecule has 1 heterocycles. The molecule has 2 N–H and O–H groups in total.